The number of carbonyl (C=O) groups is 1. The molecule has 0 radical (unpaired) electrons. The van der Waals surface area contributed by atoms with Gasteiger partial charge in [-0.25, -0.2) is 9.18 Å². The molecule has 1 fully saturated rings. The van der Waals surface area contributed by atoms with E-state index in [1.807, 2.05) is 0 Å². The maximum Gasteiger partial charge on any atom is 0.322 e. The second-order valence-electron chi connectivity index (χ2n) is 6.26. The molecule has 1 saturated heterocycles. The van der Waals surface area contributed by atoms with Gasteiger partial charge in [0.05, 0.1) is 0 Å². The molecule has 1 unspecified atom stereocenters. The van der Waals surface area contributed by atoms with Gasteiger partial charge in [-0.1, -0.05) is 22.8 Å². The number of hydrogen-bond donors (Lipinski definition) is 1. The summed E-state index contributed by atoms with van der Waals surface area (Å²) in [5.41, 5.74) is 1.18. The molecule has 1 N–H and O–H groups in total. The summed E-state index contributed by atoms with van der Waals surface area (Å²) >= 11 is 5.90. The van der Waals surface area contributed by atoms with Gasteiger partial charge in [0.2, 0.25) is 11.7 Å². The number of nitrogens with zero attached hydrogens (tertiary/aromatic N) is 3. The zero-order valence-corrected chi connectivity index (χ0v) is 15.0. The van der Waals surface area contributed by atoms with E-state index in [-0.39, 0.29) is 12.1 Å². The summed E-state index contributed by atoms with van der Waals surface area (Å²) in [6, 6.07) is 12.3. The third-order valence-electron chi connectivity index (χ3n) is 4.42. The van der Waals surface area contributed by atoms with Gasteiger partial charge in [0.1, 0.15) is 11.9 Å². The number of rotatable bonds is 3. The van der Waals surface area contributed by atoms with Gasteiger partial charge >= 0.3 is 6.03 Å². The Balaban J connectivity index is 1.51. The number of carbonyl (C=O) groups excluding carboxylic acids is 1. The number of likely N-dealkylation sites (tertiary alicyclic amines) is 1. The summed E-state index contributed by atoms with van der Waals surface area (Å²) in [6.07, 6.45) is 1.54. The Labute approximate surface area is 159 Å². The highest BCUT2D eigenvalue weighted by Gasteiger charge is 2.34. The van der Waals surface area contributed by atoms with Gasteiger partial charge in [0.15, 0.2) is 0 Å². The molecule has 3 aromatic rings. The highest BCUT2D eigenvalue weighted by atomic mass is 35.5. The van der Waals surface area contributed by atoms with Gasteiger partial charge in [-0.05, 0) is 55.3 Å². The molecule has 6 nitrogen and oxygen atoms in total. The van der Waals surface area contributed by atoms with Crippen LogP contribution in [0.2, 0.25) is 5.02 Å². The van der Waals surface area contributed by atoms with Crippen molar-refractivity contribution in [2.75, 3.05) is 11.9 Å². The average molecular weight is 387 g/mol. The predicted octanol–water partition coefficient (Wildman–Crippen LogP) is 4.90. The van der Waals surface area contributed by atoms with E-state index in [1.165, 1.54) is 12.1 Å². The quantitative estimate of drug-likeness (QED) is 0.695. The number of amides is 2. The molecule has 0 aliphatic carbocycles. The van der Waals surface area contributed by atoms with Crippen molar-refractivity contribution in [3.8, 4) is 11.4 Å². The first-order chi connectivity index (χ1) is 13.1. The molecule has 1 aliphatic rings. The lowest BCUT2D eigenvalue weighted by Gasteiger charge is -2.22. The van der Waals surface area contributed by atoms with E-state index in [9.17, 15) is 9.18 Å². The van der Waals surface area contributed by atoms with Crippen molar-refractivity contribution in [3.63, 3.8) is 0 Å². The summed E-state index contributed by atoms with van der Waals surface area (Å²) in [5.74, 6) is 0.418. The number of hydrogen-bond acceptors (Lipinski definition) is 4. The van der Waals surface area contributed by atoms with E-state index >= 15 is 0 Å². The third kappa shape index (κ3) is 3.78. The second kappa shape index (κ2) is 7.36. The molecule has 2 amide bonds. The molecule has 138 valence electrons. The summed E-state index contributed by atoms with van der Waals surface area (Å²) in [4.78, 5) is 18.7. The highest BCUT2D eigenvalue weighted by molar-refractivity contribution is 6.30. The Morgan fingerprint density at radius 1 is 1.26 bits per heavy atom. The van der Waals surface area contributed by atoms with E-state index in [0.29, 0.717) is 29.0 Å². The molecule has 0 saturated carbocycles. The highest BCUT2D eigenvalue weighted by Crippen LogP contribution is 2.32. The van der Waals surface area contributed by atoms with Crippen LogP contribution in [0.15, 0.2) is 53.1 Å². The maximum absolute atomic E-state index is 13.3. The molecular formula is C19H16ClFN4O2. The van der Waals surface area contributed by atoms with Crippen molar-refractivity contribution in [1.29, 1.82) is 0 Å². The van der Waals surface area contributed by atoms with Gasteiger partial charge in [0, 0.05) is 22.8 Å². The Morgan fingerprint density at radius 2 is 2.07 bits per heavy atom. The van der Waals surface area contributed by atoms with Gasteiger partial charge in [-0.3, -0.25) is 0 Å². The van der Waals surface area contributed by atoms with Crippen LogP contribution in [0, 0.1) is 5.82 Å². The second-order valence-corrected chi connectivity index (χ2v) is 6.69. The van der Waals surface area contributed by atoms with Crippen LogP contribution >= 0.6 is 11.6 Å². The lowest BCUT2D eigenvalue weighted by atomic mass is 10.2. The molecule has 1 aliphatic heterocycles. The minimum atomic E-state index is -0.407. The number of halogens is 2. The van der Waals surface area contributed by atoms with Crippen molar-refractivity contribution in [2.45, 2.75) is 18.9 Å². The molecule has 0 spiro atoms. The summed E-state index contributed by atoms with van der Waals surface area (Å²) < 4.78 is 18.7. The van der Waals surface area contributed by atoms with Crippen molar-refractivity contribution < 1.29 is 13.7 Å². The normalized spacial score (nSPS) is 16.5. The maximum atomic E-state index is 13.3. The minimum absolute atomic E-state index is 0.313. The number of urea groups is 1. The molecule has 8 heteroatoms. The third-order valence-corrected chi connectivity index (χ3v) is 4.67. The van der Waals surface area contributed by atoms with Gasteiger partial charge in [-0.2, -0.15) is 4.98 Å². The molecule has 4 rings (SSSR count). The average Bonchev–Trinajstić information content (AvgIpc) is 3.31. The zero-order valence-electron chi connectivity index (χ0n) is 14.2. The van der Waals surface area contributed by atoms with Crippen molar-refractivity contribution >= 4 is 23.3 Å². The zero-order chi connectivity index (χ0) is 18.8. The van der Waals surface area contributed by atoms with Crippen LogP contribution < -0.4 is 5.32 Å². The summed E-state index contributed by atoms with van der Waals surface area (Å²) in [6.45, 7) is 0.560. The number of aromatic nitrogens is 2. The first kappa shape index (κ1) is 17.5. The van der Waals surface area contributed by atoms with E-state index in [0.717, 1.165) is 18.4 Å². The van der Waals surface area contributed by atoms with Gasteiger partial charge < -0.3 is 14.7 Å². The molecule has 0 bridgehead atoms. The van der Waals surface area contributed by atoms with E-state index < -0.39 is 5.82 Å². The van der Waals surface area contributed by atoms with E-state index in [2.05, 4.69) is 15.5 Å². The largest absolute Gasteiger partial charge is 0.337 e. The van der Waals surface area contributed by atoms with Crippen LogP contribution in [0.25, 0.3) is 11.4 Å². The summed E-state index contributed by atoms with van der Waals surface area (Å²) in [5, 5.41) is 7.35. The fraction of sp³-hybridized carbons (Fsp3) is 0.211. The molecular weight excluding hydrogens is 371 g/mol. The van der Waals surface area contributed by atoms with Crippen molar-refractivity contribution in [3.05, 3.63) is 65.3 Å². The van der Waals surface area contributed by atoms with Gasteiger partial charge in [0.25, 0.3) is 0 Å². The number of nitrogens with one attached hydrogen (secondary N) is 1. The molecule has 2 aromatic carbocycles. The lowest BCUT2D eigenvalue weighted by Crippen LogP contribution is -2.34. The minimum Gasteiger partial charge on any atom is -0.337 e. The fourth-order valence-electron chi connectivity index (χ4n) is 3.11. The van der Waals surface area contributed by atoms with E-state index in [4.69, 9.17) is 16.1 Å². The van der Waals surface area contributed by atoms with Crippen LogP contribution in [-0.4, -0.2) is 27.6 Å². The number of anilines is 1. The van der Waals surface area contributed by atoms with E-state index in [1.54, 1.807) is 41.3 Å². The van der Waals surface area contributed by atoms with Crippen LogP contribution in [0.4, 0.5) is 14.9 Å². The van der Waals surface area contributed by atoms with Crippen LogP contribution in [0.1, 0.15) is 24.8 Å². The molecule has 2 heterocycles. The first-order valence-electron chi connectivity index (χ1n) is 8.53. The number of benzene rings is 2. The van der Waals surface area contributed by atoms with Crippen LogP contribution in [-0.2, 0) is 0 Å². The fourth-order valence-corrected chi connectivity index (χ4v) is 3.24. The Bertz CT molecular complexity index is 960. The SMILES string of the molecule is O=C(Nc1cccc(F)c1)N1CCCC1c1nc(-c2ccc(Cl)cc2)no1. The topological polar surface area (TPSA) is 71.3 Å². The lowest BCUT2D eigenvalue weighted by molar-refractivity contribution is 0.193. The Kier molecular flexibility index (Phi) is 4.77. The smallest absolute Gasteiger partial charge is 0.322 e. The van der Waals surface area contributed by atoms with Crippen LogP contribution in [0.3, 0.4) is 0 Å². The standard InChI is InChI=1S/C19H16ClFN4O2/c20-13-8-6-12(7-9-13)17-23-18(27-24-17)16-5-2-10-25(16)19(26)22-15-4-1-3-14(21)11-15/h1,3-4,6-9,11,16H,2,5,10H2,(H,22,26). The molecule has 1 aromatic heterocycles. The predicted molar refractivity (Wildman–Crippen MR) is 98.8 cm³/mol. The van der Waals surface area contributed by atoms with Crippen LogP contribution in [0.5, 0.6) is 0 Å². The Hall–Kier alpha value is -2.93. The molecule has 1 atom stereocenters. The first-order valence-corrected chi connectivity index (χ1v) is 8.91. The molecule has 27 heavy (non-hydrogen) atoms. The summed E-state index contributed by atoms with van der Waals surface area (Å²) in [7, 11) is 0. The van der Waals surface area contributed by atoms with Crippen molar-refractivity contribution in [1.82, 2.24) is 15.0 Å². The van der Waals surface area contributed by atoms with Crippen molar-refractivity contribution in [2.24, 2.45) is 0 Å². The van der Waals surface area contributed by atoms with Gasteiger partial charge in [-0.15, -0.1) is 0 Å². The monoisotopic (exact) mass is 386 g/mol. The Morgan fingerprint density at radius 3 is 2.85 bits per heavy atom.